The van der Waals surface area contributed by atoms with E-state index in [-0.39, 0.29) is 29.4 Å². The predicted molar refractivity (Wildman–Crippen MR) is 141 cm³/mol. The molecule has 0 spiro atoms. The summed E-state index contributed by atoms with van der Waals surface area (Å²) in [5, 5.41) is 11.3. The number of piperidine rings is 1. The summed E-state index contributed by atoms with van der Waals surface area (Å²) >= 11 is 0. The summed E-state index contributed by atoms with van der Waals surface area (Å²) in [6.07, 6.45) is 4.26. The first kappa shape index (κ1) is 24.9. The first-order valence-corrected chi connectivity index (χ1v) is 12.6. The summed E-state index contributed by atoms with van der Waals surface area (Å²) in [7, 11) is 0. The van der Waals surface area contributed by atoms with Crippen LogP contribution in [0.2, 0.25) is 0 Å². The lowest BCUT2D eigenvalue weighted by Gasteiger charge is -2.38. The summed E-state index contributed by atoms with van der Waals surface area (Å²) in [6.45, 7) is 3.52. The first-order chi connectivity index (χ1) is 17.9. The quantitative estimate of drug-likeness (QED) is 0.403. The number of nitrogens with zero attached hydrogens (tertiary/aromatic N) is 5. The number of likely N-dealkylation sites (tertiary alicyclic amines) is 1. The van der Waals surface area contributed by atoms with Crippen molar-refractivity contribution in [1.82, 2.24) is 24.0 Å². The van der Waals surface area contributed by atoms with Gasteiger partial charge in [-0.25, -0.2) is 9.97 Å². The molecule has 192 valence electrons. The highest BCUT2D eigenvalue weighted by molar-refractivity contribution is 5.77. The average molecular weight is 501 g/mol. The van der Waals surface area contributed by atoms with Crippen LogP contribution in [0.15, 0.2) is 72.0 Å². The number of hydrogen-bond donors (Lipinski definition) is 2. The fraction of sp³-hybridized carbons (Fsp3) is 0.357. The maximum atomic E-state index is 13.2. The van der Waals surface area contributed by atoms with Crippen molar-refractivity contribution in [3.8, 4) is 5.69 Å². The zero-order valence-corrected chi connectivity index (χ0v) is 21.0. The lowest BCUT2D eigenvalue weighted by molar-refractivity contribution is -0.136. The molecule has 9 heteroatoms. The van der Waals surface area contributed by atoms with E-state index in [0.717, 1.165) is 16.8 Å². The maximum Gasteiger partial charge on any atom is 0.281 e. The van der Waals surface area contributed by atoms with E-state index in [1.165, 1.54) is 10.9 Å². The van der Waals surface area contributed by atoms with Crippen molar-refractivity contribution in [2.45, 2.75) is 50.8 Å². The fourth-order valence-corrected chi connectivity index (χ4v) is 4.96. The number of carbonyl (C=O) groups excluding carboxylic acids is 1. The molecular weight excluding hydrogens is 468 g/mol. The highest BCUT2D eigenvalue weighted by Crippen LogP contribution is 2.26. The Labute approximate surface area is 215 Å². The normalized spacial score (nSPS) is 16.1. The minimum absolute atomic E-state index is 0.0868. The van der Waals surface area contributed by atoms with Crippen LogP contribution in [-0.4, -0.2) is 53.7 Å². The number of hydrogen-bond acceptors (Lipinski definition) is 6. The van der Waals surface area contributed by atoms with Gasteiger partial charge in [-0.2, -0.15) is 0 Å². The SMILES string of the molecule is C[C@H](CC(=O)N1CCC(O)(Cn2cnc3c(ncn3-c3ccc(CN)cc3)c2=O)CC1)c1ccccc1. The topological polar surface area (TPSA) is 119 Å². The first-order valence-electron chi connectivity index (χ1n) is 12.6. The van der Waals surface area contributed by atoms with Gasteiger partial charge in [0.05, 0.1) is 12.1 Å². The van der Waals surface area contributed by atoms with Crippen LogP contribution < -0.4 is 11.3 Å². The van der Waals surface area contributed by atoms with E-state index < -0.39 is 5.60 Å². The van der Waals surface area contributed by atoms with Gasteiger partial charge in [0.25, 0.3) is 5.56 Å². The maximum absolute atomic E-state index is 13.2. The number of carbonyl (C=O) groups is 1. The Morgan fingerprint density at radius 1 is 1.05 bits per heavy atom. The second kappa shape index (κ2) is 10.3. The largest absolute Gasteiger partial charge is 0.388 e. The molecule has 9 nitrogen and oxygen atoms in total. The monoisotopic (exact) mass is 500 g/mol. The summed E-state index contributed by atoms with van der Waals surface area (Å²) in [5.41, 5.74) is 7.98. The van der Waals surface area contributed by atoms with Crippen molar-refractivity contribution in [2.24, 2.45) is 5.73 Å². The summed E-state index contributed by atoms with van der Waals surface area (Å²) < 4.78 is 3.18. The van der Waals surface area contributed by atoms with Crippen molar-refractivity contribution in [1.29, 1.82) is 0 Å². The summed E-state index contributed by atoms with van der Waals surface area (Å²) in [5.74, 6) is 0.216. The minimum Gasteiger partial charge on any atom is -0.388 e. The lowest BCUT2D eigenvalue weighted by atomic mass is 9.90. The molecule has 1 aliphatic rings. The van der Waals surface area contributed by atoms with Gasteiger partial charge in [0, 0.05) is 31.7 Å². The van der Waals surface area contributed by atoms with E-state index in [2.05, 4.69) is 16.9 Å². The van der Waals surface area contributed by atoms with E-state index >= 15 is 0 Å². The van der Waals surface area contributed by atoms with Crippen LogP contribution in [0.5, 0.6) is 0 Å². The minimum atomic E-state index is -1.10. The second-order valence-corrected chi connectivity index (χ2v) is 9.96. The molecule has 0 aliphatic carbocycles. The van der Waals surface area contributed by atoms with Gasteiger partial charge in [0.15, 0.2) is 11.2 Å². The van der Waals surface area contributed by atoms with E-state index in [0.29, 0.717) is 44.5 Å². The Morgan fingerprint density at radius 2 is 1.76 bits per heavy atom. The number of aliphatic hydroxyl groups is 1. The molecule has 1 saturated heterocycles. The van der Waals surface area contributed by atoms with Crippen LogP contribution in [0.4, 0.5) is 0 Å². The lowest BCUT2D eigenvalue weighted by Crippen LogP contribution is -2.49. The van der Waals surface area contributed by atoms with Crippen molar-refractivity contribution in [2.75, 3.05) is 13.1 Å². The molecule has 0 saturated carbocycles. The Kier molecular flexibility index (Phi) is 6.90. The standard InChI is InChI=1S/C28H32N6O3/c1-20(22-5-3-2-4-6-22)15-24(35)32-13-11-28(37,12-14-32)17-33-18-31-26-25(27(33)36)30-19-34(26)23-9-7-21(16-29)8-10-23/h2-10,18-20,37H,11-17,29H2,1H3/t20-/m1/s1. The number of amides is 1. The van der Waals surface area contributed by atoms with Gasteiger partial charge >= 0.3 is 0 Å². The Morgan fingerprint density at radius 3 is 2.43 bits per heavy atom. The van der Waals surface area contributed by atoms with E-state index in [4.69, 9.17) is 5.73 Å². The van der Waals surface area contributed by atoms with Crippen LogP contribution in [0.25, 0.3) is 16.9 Å². The van der Waals surface area contributed by atoms with Gasteiger partial charge in [0.1, 0.15) is 12.7 Å². The fourth-order valence-electron chi connectivity index (χ4n) is 4.96. The predicted octanol–water partition coefficient (Wildman–Crippen LogP) is 2.59. The van der Waals surface area contributed by atoms with Crippen LogP contribution in [0.3, 0.4) is 0 Å². The van der Waals surface area contributed by atoms with Gasteiger partial charge in [-0.15, -0.1) is 0 Å². The van der Waals surface area contributed by atoms with E-state index in [9.17, 15) is 14.7 Å². The van der Waals surface area contributed by atoms with Gasteiger partial charge in [-0.1, -0.05) is 49.4 Å². The molecule has 2 aromatic heterocycles. The van der Waals surface area contributed by atoms with Gasteiger partial charge in [-0.3, -0.25) is 18.7 Å². The molecule has 0 radical (unpaired) electrons. The van der Waals surface area contributed by atoms with Gasteiger partial charge in [0.2, 0.25) is 5.91 Å². The molecule has 0 unspecified atom stereocenters. The second-order valence-electron chi connectivity index (χ2n) is 9.96. The number of fused-ring (bicyclic) bond motifs is 1. The van der Waals surface area contributed by atoms with Crippen LogP contribution >= 0.6 is 0 Å². The molecule has 1 fully saturated rings. The molecule has 3 heterocycles. The Balaban J connectivity index is 1.25. The van der Waals surface area contributed by atoms with Crippen LogP contribution in [0, 0.1) is 0 Å². The molecule has 37 heavy (non-hydrogen) atoms. The third kappa shape index (κ3) is 5.19. The molecular formula is C28H32N6O3. The molecule has 3 N–H and O–H groups in total. The average Bonchev–Trinajstić information content (AvgIpc) is 3.36. The number of aromatic nitrogens is 4. The molecule has 5 rings (SSSR count). The number of benzene rings is 2. The zero-order valence-electron chi connectivity index (χ0n) is 21.0. The summed E-state index contributed by atoms with van der Waals surface area (Å²) in [6, 6.07) is 17.7. The Bertz CT molecular complexity index is 1440. The van der Waals surface area contributed by atoms with E-state index in [1.807, 2.05) is 59.5 Å². The van der Waals surface area contributed by atoms with Crippen molar-refractivity contribution in [3.05, 3.63) is 88.7 Å². The van der Waals surface area contributed by atoms with Gasteiger partial charge < -0.3 is 15.7 Å². The highest BCUT2D eigenvalue weighted by Gasteiger charge is 2.35. The van der Waals surface area contributed by atoms with Crippen molar-refractivity contribution < 1.29 is 9.90 Å². The zero-order chi connectivity index (χ0) is 26.0. The van der Waals surface area contributed by atoms with Crippen LogP contribution in [-0.2, 0) is 17.9 Å². The molecule has 1 aliphatic heterocycles. The summed E-state index contributed by atoms with van der Waals surface area (Å²) in [4.78, 5) is 36.7. The molecule has 2 aromatic carbocycles. The molecule has 0 bridgehead atoms. The highest BCUT2D eigenvalue weighted by atomic mass is 16.3. The molecule has 4 aromatic rings. The smallest absolute Gasteiger partial charge is 0.281 e. The van der Waals surface area contributed by atoms with Crippen molar-refractivity contribution in [3.63, 3.8) is 0 Å². The molecule has 1 amide bonds. The van der Waals surface area contributed by atoms with Crippen LogP contribution in [0.1, 0.15) is 43.2 Å². The Hall–Kier alpha value is -3.82. The number of imidazole rings is 1. The third-order valence-electron chi connectivity index (χ3n) is 7.34. The van der Waals surface area contributed by atoms with Crippen molar-refractivity contribution >= 4 is 17.1 Å². The molecule has 1 atom stereocenters. The number of nitrogens with two attached hydrogens (primary N) is 1. The number of rotatable bonds is 7. The third-order valence-corrected chi connectivity index (χ3v) is 7.34. The van der Waals surface area contributed by atoms with E-state index in [1.54, 1.807) is 10.9 Å². The van der Waals surface area contributed by atoms with Gasteiger partial charge in [-0.05, 0) is 42.0 Å².